The van der Waals surface area contributed by atoms with Crippen LogP contribution in [0.15, 0.2) is 18.2 Å². The molecule has 1 unspecified atom stereocenters. The lowest BCUT2D eigenvalue weighted by molar-refractivity contribution is 0.192. The molecule has 0 bridgehead atoms. The van der Waals surface area contributed by atoms with Gasteiger partial charge in [-0.2, -0.15) is 5.26 Å². The van der Waals surface area contributed by atoms with Gasteiger partial charge in [-0.1, -0.05) is 13.8 Å². The van der Waals surface area contributed by atoms with Crippen LogP contribution in [0.25, 0.3) is 11.0 Å². The van der Waals surface area contributed by atoms with E-state index in [1.807, 2.05) is 18.2 Å². The molecule has 1 aliphatic rings. The molecule has 1 saturated heterocycles. The molecule has 2 aromatic rings. The third-order valence-corrected chi connectivity index (χ3v) is 3.75. The van der Waals surface area contributed by atoms with E-state index in [9.17, 15) is 0 Å². The Morgan fingerprint density at radius 2 is 2.35 bits per heavy atom. The average Bonchev–Trinajstić information content (AvgIpc) is 3.05. The first kappa shape index (κ1) is 13.1. The van der Waals surface area contributed by atoms with Gasteiger partial charge in [-0.25, -0.2) is 4.98 Å². The van der Waals surface area contributed by atoms with Crippen LogP contribution in [0.1, 0.15) is 37.6 Å². The molecule has 1 fully saturated rings. The van der Waals surface area contributed by atoms with Crippen molar-refractivity contribution >= 4 is 11.0 Å². The fourth-order valence-electron chi connectivity index (χ4n) is 2.82. The Kier molecular flexibility index (Phi) is 3.45. The Hall–Kier alpha value is -1.86. The second-order valence-corrected chi connectivity index (χ2v) is 5.85. The summed E-state index contributed by atoms with van der Waals surface area (Å²) in [5.74, 6) is 2.05. The minimum atomic E-state index is 0.381. The van der Waals surface area contributed by atoms with Crippen LogP contribution in [0.5, 0.6) is 0 Å². The second kappa shape index (κ2) is 5.26. The summed E-state index contributed by atoms with van der Waals surface area (Å²) < 4.78 is 7.81. The summed E-state index contributed by atoms with van der Waals surface area (Å²) in [7, 11) is 0. The molecule has 0 aliphatic carbocycles. The van der Waals surface area contributed by atoms with E-state index in [1.54, 1.807) is 0 Å². The Bertz CT molecular complexity index is 660. The van der Waals surface area contributed by atoms with Gasteiger partial charge in [0.15, 0.2) is 0 Å². The fourth-order valence-corrected chi connectivity index (χ4v) is 2.82. The van der Waals surface area contributed by atoms with Gasteiger partial charge in [-0.05, 0) is 30.5 Å². The fraction of sp³-hybridized carbons (Fsp3) is 0.500. The molecule has 4 heteroatoms. The minimum absolute atomic E-state index is 0.381. The van der Waals surface area contributed by atoms with E-state index >= 15 is 0 Å². The van der Waals surface area contributed by atoms with E-state index in [-0.39, 0.29) is 0 Å². The molecule has 0 radical (unpaired) electrons. The summed E-state index contributed by atoms with van der Waals surface area (Å²) in [5, 5.41) is 9.03. The first-order valence-electron chi connectivity index (χ1n) is 7.17. The van der Waals surface area contributed by atoms with Gasteiger partial charge in [0.25, 0.3) is 0 Å². The van der Waals surface area contributed by atoms with E-state index in [2.05, 4.69) is 24.5 Å². The molecule has 0 spiro atoms. The van der Waals surface area contributed by atoms with Gasteiger partial charge in [-0.15, -0.1) is 0 Å². The van der Waals surface area contributed by atoms with Gasteiger partial charge in [0, 0.05) is 19.1 Å². The first-order chi connectivity index (χ1) is 9.69. The largest absolute Gasteiger partial charge is 0.381 e. The summed E-state index contributed by atoms with van der Waals surface area (Å²) in [5.41, 5.74) is 2.71. The van der Waals surface area contributed by atoms with E-state index in [0.717, 1.165) is 43.0 Å². The number of benzene rings is 1. The Balaban J connectivity index is 2.13. The number of hydrogen-bond donors (Lipinski definition) is 0. The van der Waals surface area contributed by atoms with Gasteiger partial charge < -0.3 is 9.30 Å². The molecule has 1 aromatic carbocycles. The molecular formula is C16H19N3O. The molecule has 0 saturated carbocycles. The van der Waals surface area contributed by atoms with Gasteiger partial charge in [0.2, 0.25) is 0 Å². The van der Waals surface area contributed by atoms with E-state index in [0.29, 0.717) is 17.4 Å². The Labute approximate surface area is 119 Å². The van der Waals surface area contributed by atoms with Crippen LogP contribution >= 0.6 is 0 Å². The quantitative estimate of drug-likeness (QED) is 0.860. The zero-order valence-corrected chi connectivity index (χ0v) is 12.0. The number of nitriles is 1. The van der Waals surface area contributed by atoms with Crippen molar-refractivity contribution in [2.24, 2.45) is 5.92 Å². The maximum atomic E-state index is 9.03. The third-order valence-electron chi connectivity index (χ3n) is 3.75. The van der Waals surface area contributed by atoms with Gasteiger partial charge in [0.1, 0.15) is 5.82 Å². The number of ether oxygens (including phenoxy) is 1. The molecule has 4 nitrogen and oxygen atoms in total. The van der Waals surface area contributed by atoms with Crippen LogP contribution in [0.4, 0.5) is 0 Å². The highest BCUT2D eigenvalue weighted by atomic mass is 16.5. The van der Waals surface area contributed by atoms with Crippen molar-refractivity contribution < 1.29 is 4.74 Å². The van der Waals surface area contributed by atoms with Gasteiger partial charge in [0.05, 0.1) is 29.3 Å². The molecular weight excluding hydrogens is 250 g/mol. The number of imidazole rings is 1. The van der Waals surface area contributed by atoms with E-state index in [1.165, 1.54) is 0 Å². The third kappa shape index (κ3) is 2.30. The van der Waals surface area contributed by atoms with E-state index in [4.69, 9.17) is 15.0 Å². The number of hydrogen-bond acceptors (Lipinski definition) is 3. The van der Waals surface area contributed by atoms with E-state index < -0.39 is 0 Å². The van der Waals surface area contributed by atoms with Crippen LogP contribution < -0.4 is 0 Å². The number of rotatable bonds is 3. The highest BCUT2D eigenvalue weighted by Crippen LogP contribution is 2.29. The summed E-state index contributed by atoms with van der Waals surface area (Å²) in [6.45, 7) is 6.95. The maximum absolute atomic E-state index is 9.03. The normalized spacial score (nSPS) is 18.8. The lowest BCUT2D eigenvalue weighted by Crippen LogP contribution is -2.12. The smallest absolute Gasteiger partial charge is 0.115 e. The van der Waals surface area contributed by atoms with Crippen molar-refractivity contribution in [3.8, 4) is 6.07 Å². The monoisotopic (exact) mass is 269 g/mol. The number of aromatic nitrogens is 2. The van der Waals surface area contributed by atoms with Crippen molar-refractivity contribution in [3.63, 3.8) is 0 Å². The molecule has 3 rings (SSSR count). The summed E-state index contributed by atoms with van der Waals surface area (Å²) in [4.78, 5) is 4.79. The van der Waals surface area contributed by atoms with Crippen molar-refractivity contribution in [1.29, 1.82) is 5.26 Å². The molecule has 20 heavy (non-hydrogen) atoms. The van der Waals surface area contributed by atoms with Crippen molar-refractivity contribution in [1.82, 2.24) is 9.55 Å². The van der Waals surface area contributed by atoms with Crippen molar-refractivity contribution in [3.05, 3.63) is 29.6 Å². The summed E-state index contributed by atoms with van der Waals surface area (Å²) in [6.07, 6.45) is 1.03. The molecule has 1 aliphatic heterocycles. The predicted octanol–water partition coefficient (Wildman–Crippen LogP) is 3.07. The van der Waals surface area contributed by atoms with Crippen LogP contribution in [0, 0.1) is 17.2 Å². The van der Waals surface area contributed by atoms with Crippen molar-refractivity contribution in [2.45, 2.75) is 32.7 Å². The van der Waals surface area contributed by atoms with Crippen LogP contribution in [0.3, 0.4) is 0 Å². The zero-order valence-electron chi connectivity index (χ0n) is 12.0. The highest BCUT2D eigenvalue weighted by molar-refractivity contribution is 5.78. The SMILES string of the molecule is CC(C)Cn1c(C2CCOC2)nc2cc(C#N)ccc21. The second-order valence-electron chi connectivity index (χ2n) is 5.85. The zero-order chi connectivity index (χ0) is 14.1. The maximum Gasteiger partial charge on any atom is 0.115 e. The van der Waals surface area contributed by atoms with Crippen molar-refractivity contribution in [2.75, 3.05) is 13.2 Å². The molecule has 0 amide bonds. The minimum Gasteiger partial charge on any atom is -0.381 e. The van der Waals surface area contributed by atoms with Crippen LogP contribution in [-0.4, -0.2) is 22.8 Å². The molecule has 0 N–H and O–H groups in total. The van der Waals surface area contributed by atoms with Gasteiger partial charge >= 0.3 is 0 Å². The molecule has 2 heterocycles. The first-order valence-corrected chi connectivity index (χ1v) is 7.17. The Morgan fingerprint density at radius 3 is 3.00 bits per heavy atom. The molecule has 104 valence electrons. The van der Waals surface area contributed by atoms with Gasteiger partial charge in [-0.3, -0.25) is 0 Å². The predicted molar refractivity (Wildman–Crippen MR) is 77.5 cm³/mol. The summed E-state index contributed by atoms with van der Waals surface area (Å²) >= 11 is 0. The lowest BCUT2D eigenvalue weighted by Gasteiger charge is -2.14. The van der Waals surface area contributed by atoms with Crippen LogP contribution in [0.2, 0.25) is 0 Å². The average molecular weight is 269 g/mol. The Morgan fingerprint density at radius 1 is 1.50 bits per heavy atom. The number of nitrogens with zero attached hydrogens (tertiary/aromatic N) is 3. The molecule has 1 atom stereocenters. The number of fused-ring (bicyclic) bond motifs is 1. The highest BCUT2D eigenvalue weighted by Gasteiger charge is 2.24. The van der Waals surface area contributed by atoms with Crippen LogP contribution in [-0.2, 0) is 11.3 Å². The molecule has 1 aromatic heterocycles. The summed E-state index contributed by atoms with van der Waals surface area (Å²) in [6, 6.07) is 7.95. The lowest BCUT2D eigenvalue weighted by atomic mass is 10.1. The standard InChI is InChI=1S/C16H19N3O/c1-11(2)9-19-15-4-3-12(8-17)7-14(15)18-16(19)13-5-6-20-10-13/h3-4,7,11,13H,5-6,9-10H2,1-2H3. The topological polar surface area (TPSA) is 50.8 Å².